The molecule has 0 bridgehead atoms. The van der Waals surface area contributed by atoms with E-state index < -0.39 is 18.6 Å². The van der Waals surface area contributed by atoms with Crippen molar-refractivity contribution in [2.45, 2.75) is 12.6 Å². The number of anilines is 2. The van der Waals surface area contributed by atoms with Crippen LogP contribution in [0.2, 0.25) is 0 Å². The highest BCUT2D eigenvalue weighted by atomic mass is 79.9. The first-order valence-corrected chi connectivity index (χ1v) is 12.5. The van der Waals surface area contributed by atoms with Crippen LogP contribution in [0.4, 0.5) is 11.5 Å². The van der Waals surface area contributed by atoms with Crippen molar-refractivity contribution >= 4 is 55.0 Å². The number of carboxylic acid groups (broad SMARTS) is 1. The van der Waals surface area contributed by atoms with Gasteiger partial charge in [-0.1, -0.05) is 24.3 Å². The number of hydrogen-bond acceptors (Lipinski definition) is 8. The SMILES string of the molecule is O=C(O)C(CO)NCc1ccc(Nc2nsc3c(-c4ccc5c(c4)OCCO5)cccc23)c(Br)c1. The molecule has 0 aliphatic carbocycles. The third-order valence-electron chi connectivity index (χ3n) is 5.67. The number of rotatable bonds is 8. The zero-order chi connectivity index (χ0) is 24.4. The van der Waals surface area contributed by atoms with Crippen LogP contribution in [0.5, 0.6) is 11.5 Å². The number of nitrogens with one attached hydrogen (secondary N) is 2. The summed E-state index contributed by atoms with van der Waals surface area (Å²) in [4.78, 5) is 11.1. The summed E-state index contributed by atoms with van der Waals surface area (Å²) >= 11 is 5.02. The smallest absolute Gasteiger partial charge is 0.323 e. The largest absolute Gasteiger partial charge is 0.486 e. The zero-order valence-electron chi connectivity index (χ0n) is 18.5. The van der Waals surface area contributed by atoms with E-state index in [2.05, 4.69) is 37.0 Å². The van der Waals surface area contributed by atoms with Crippen LogP contribution in [0.25, 0.3) is 21.2 Å². The molecule has 0 fully saturated rings. The number of aromatic nitrogens is 1. The van der Waals surface area contributed by atoms with E-state index >= 15 is 0 Å². The van der Waals surface area contributed by atoms with Gasteiger partial charge in [0.15, 0.2) is 17.3 Å². The average Bonchev–Trinajstić information content (AvgIpc) is 3.28. The average molecular weight is 556 g/mol. The van der Waals surface area contributed by atoms with Gasteiger partial charge in [0.2, 0.25) is 0 Å². The molecule has 0 spiro atoms. The molecule has 1 aromatic heterocycles. The number of fused-ring (bicyclic) bond motifs is 2. The monoisotopic (exact) mass is 555 g/mol. The van der Waals surface area contributed by atoms with E-state index in [0.29, 0.717) is 19.8 Å². The van der Waals surface area contributed by atoms with Crippen molar-refractivity contribution in [3.8, 4) is 22.6 Å². The molecule has 4 N–H and O–H groups in total. The number of aliphatic hydroxyl groups excluding tert-OH is 1. The van der Waals surface area contributed by atoms with Gasteiger partial charge in [-0.3, -0.25) is 10.1 Å². The summed E-state index contributed by atoms with van der Waals surface area (Å²) in [6.07, 6.45) is 0. The van der Waals surface area contributed by atoms with Crippen LogP contribution < -0.4 is 20.1 Å². The number of aliphatic hydroxyl groups is 1. The molecule has 8 nitrogen and oxygen atoms in total. The second-order valence-corrected chi connectivity index (χ2v) is 9.59. The summed E-state index contributed by atoms with van der Waals surface area (Å²) < 4.78 is 17.9. The Balaban J connectivity index is 1.37. The van der Waals surface area contributed by atoms with Crippen LogP contribution in [0.1, 0.15) is 5.56 Å². The van der Waals surface area contributed by atoms with Crippen LogP contribution >= 0.6 is 27.5 Å². The molecular formula is C25H22BrN3O5S. The lowest BCUT2D eigenvalue weighted by Crippen LogP contribution is -2.39. The third kappa shape index (κ3) is 4.96. The van der Waals surface area contributed by atoms with Crippen molar-refractivity contribution in [2.75, 3.05) is 25.1 Å². The molecule has 4 aromatic rings. The molecule has 180 valence electrons. The standard InChI is InChI=1S/C25H22BrN3O5S/c26-18-10-14(12-27-20(13-30)25(31)32)4-6-19(18)28-24-17-3-1-2-16(23(17)35-29-24)15-5-7-21-22(11-15)34-9-8-33-21/h1-7,10-11,20,27,30H,8-9,12-13H2,(H,28,29)(H,31,32). The number of halogens is 1. The summed E-state index contributed by atoms with van der Waals surface area (Å²) in [5.74, 6) is 1.18. The lowest BCUT2D eigenvalue weighted by Gasteiger charge is -2.19. The summed E-state index contributed by atoms with van der Waals surface area (Å²) in [5.41, 5.74) is 3.83. The fourth-order valence-electron chi connectivity index (χ4n) is 3.86. The van der Waals surface area contributed by atoms with Crippen molar-refractivity contribution in [1.29, 1.82) is 0 Å². The van der Waals surface area contributed by atoms with Gasteiger partial charge in [-0.2, -0.15) is 4.37 Å². The molecule has 2 heterocycles. The first kappa shape index (κ1) is 23.6. The van der Waals surface area contributed by atoms with E-state index in [1.807, 2.05) is 48.5 Å². The molecule has 0 amide bonds. The van der Waals surface area contributed by atoms with Crippen molar-refractivity contribution in [3.63, 3.8) is 0 Å². The van der Waals surface area contributed by atoms with Crippen molar-refractivity contribution in [1.82, 2.24) is 9.69 Å². The molecule has 1 unspecified atom stereocenters. The molecule has 10 heteroatoms. The Morgan fingerprint density at radius 1 is 1.11 bits per heavy atom. The molecule has 1 aliphatic heterocycles. The third-order valence-corrected chi connectivity index (χ3v) is 7.22. The number of aliphatic carboxylic acids is 1. The molecule has 0 saturated heterocycles. The summed E-state index contributed by atoms with van der Waals surface area (Å²) in [6, 6.07) is 16.8. The fraction of sp³-hybridized carbons (Fsp3) is 0.200. The second-order valence-electron chi connectivity index (χ2n) is 7.97. The first-order chi connectivity index (χ1) is 17.0. The van der Waals surface area contributed by atoms with Gasteiger partial charge in [-0.05, 0) is 68.9 Å². The predicted molar refractivity (Wildman–Crippen MR) is 139 cm³/mol. The summed E-state index contributed by atoms with van der Waals surface area (Å²) in [5, 5.41) is 25.5. The van der Waals surface area contributed by atoms with Gasteiger partial charge >= 0.3 is 5.97 Å². The number of carbonyl (C=O) groups is 1. The van der Waals surface area contributed by atoms with Crippen LogP contribution in [-0.4, -0.2) is 46.4 Å². The Morgan fingerprint density at radius 2 is 1.94 bits per heavy atom. The summed E-state index contributed by atoms with van der Waals surface area (Å²) in [7, 11) is 0. The van der Waals surface area contributed by atoms with Gasteiger partial charge in [0.1, 0.15) is 19.3 Å². The van der Waals surface area contributed by atoms with Crippen LogP contribution in [0.15, 0.2) is 59.1 Å². The Hall–Kier alpha value is -3.18. The minimum atomic E-state index is -1.09. The topological polar surface area (TPSA) is 113 Å². The van der Waals surface area contributed by atoms with Gasteiger partial charge in [0, 0.05) is 22.0 Å². The fourth-order valence-corrected chi connectivity index (χ4v) is 5.26. The predicted octanol–water partition coefficient (Wildman–Crippen LogP) is 4.78. The van der Waals surface area contributed by atoms with Gasteiger partial charge in [-0.25, -0.2) is 0 Å². The van der Waals surface area contributed by atoms with E-state index in [4.69, 9.17) is 19.7 Å². The summed E-state index contributed by atoms with van der Waals surface area (Å²) in [6.45, 7) is 0.946. The number of nitrogens with zero attached hydrogens (tertiary/aromatic N) is 1. The minimum absolute atomic E-state index is 0.314. The van der Waals surface area contributed by atoms with Crippen molar-refractivity contribution in [2.24, 2.45) is 0 Å². The van der Waals surface area contributed by atoms with E-state index in [1.54, 1.807) is 0 Å². The van der Waals surface area contributed by atoms with E-state index in [-0.39, 0.29) is 0 Å². The van der Waals surface area contributed by atoms with Crippen LogP contribution in [0.3, 0.4) is 0 Å². The molecule has 35 heavy (non-hydrogen) atoms. The van der Waals surface area contributed by atoms with E-state index in [9.17, 15) is 4.79 Å². The Kier molecular flexibility index (Phi) is 6.87. The molecule has 1 atom stereocenters. The minimum Gasteiger partial charge on any atom is -0.486 e. The number of hydrogen-bond donors (Lipinski definition) is 4. The first-order valence-electron chi connectivity index (χ1n) is 10.9. The molecule has 0 radical (unpaired) electrons. The van der Waals surface area contributed by atoms with Crippen molar-refractivity contribution < 1.29 is 24.5 Å². The highest BCUT2D eigenvalue weighted by Crippen LogP contribution is 2.40. The molecule has 3 aromatic carbocycles. The highest BCUT2D eigenvalue weighted by Gasteiger charge is 2.17. The van der Waals surface area contributed by atoms with E-state index in [1.165, 1.54) is 11.5 Å². The van der Waals surface area contributed by atoms with Crippen LogP contribution in [-0.2, 0) is 11.3 Å². The number of benzene rings is 3. The molecular weight excluding hydrogens is 534 g/mol. The van der Waals surface area contributed by atoms with Gasteiger partial charge in [-0.15, -0.1) is 0 Å². The van der Waals surface area contributed by atoms with Crippen LogP contribution in [0, 0.1) is 0 Å². The lowest BCUT2D eigenvalue weighted by atomic mass is 10.0. The highest BCUT2D eigenvalue weighted by molar-refractivity contribution is 9.10. The molecule has 5 rings (SSSR count). The molecule has 1 aliphatic rings. The van der Waals surface area contributed by atoms with Gasteiger partial charge in [0.05, 0.1) is 17.0 Å². The Morgan fingerprint density at radius 3 is 2.71 bits per heavy atom. The Labute approximate surface area is 213 Å². The maximum absolute atomic E-state index is 11.1. The molecule has 0 saturated carbocycles. The van der Waals surface area contributed by atoms with Gasteiger partial charge in [0.25, 0.3) is 0 Å². The number of carboxylic acids is 1. The number of ether oxygens (including phenoxy) is 2. The van der Waals surface area contributed by atoms with Gasteiger partial charge < -0.3 is 25.0 Å². The second kappa shape index (κ2) is 10.2. The van der Waals surface area contributed by atoms with E-state index in [0.717, 1.165) is 54.3 Å². The quantitative estimate of drug-likeness (QED) is 0.246. The Bertz CT molecular complexity index is 1390. The van der Waals surface area contributed by atoms with Crippen molar-refractivity contribution in [3.05, 3.63) is 64.6 Å². The maximum Gasteiger partial charge on any atom is 0.323 e. The zero-order valence-corrected chi connectivity index (χ0v) is 20.9. The maximum atomic E-state index is 11.1. The normalized spacial score (nSPS) is 13.5. The lowest BCUT2D eigenvalue weighted by molar-refractivity contribution is -0.140.